The number of hydrogen-bond donors (Lipinski definition) is 4. The number of esters is 1. The number of carbonyl (C=O) groups is 5. The molecule has 0 saturated carbocycles. The number of fused-ring (bicyclic) bond motifs is 4. The highest BCUT2D eigenvalue weighted by molar-refractivity contribution is 7.12. The highest BCUT2D eigenvalue weighted by Gasteiger charge is 2.42. The molecule has 8 aliphatic heterocycles. The number of benzene rings is 8. The minimum Gasteiger partial charge on any atom is -0.465 e. The largest absolute Gasteiger partial charge is 0.465 e. The summed E-state index contributed by atoms with van der Waals surface area (Å²) in [4.78, 5) is 88.3. The van der Waals surface area contributed by atoms with E-state index in [0.29, 0.717) is 69.7 Å². The molecule has 8 amide bonds. The summed E-state index contributed by atoms with van der Waals surface area (Å²) in [5.74, 6) is -8.11. The van der Waals surface area contributed by atoms with Crippen LogP contribution in [0.5, 0.6) is 0 Å². The first kappa shape index (κ1) is 84.4. The second kappa shape index (κ2) is 36.1. The van der Waals surface area contributed by atoms with Crippen molar-refractivity contribution in [2.75, 3.05) is 66.6 Å². The topological polar surface area (TPSA) is 224 Å². The molecular formula is C93H76F8N12O8S4. The third-order valence-corrected chi connectivity index (χ3v) is 26.4. The number of anilines is 4. The van der Waals surface area contributed by atoms with Crippen molar-refractivity contribution in [3.8, 4) is 44.5 Å². The van der Waals surface area contributed by atoms with Crippen LogP contribution in [0.15, 0.2) is 187 Å². The molecule has 32 heteroatoms. The van der Waals surface area contributed by atoms with Crippen LogP contribution >= 0.6 is 45.3 Å². The number of halogens is 8. The van der Waals surface area contributed by atoms with Gasteiger partial charge in [-0.2, -0.15) is 0 Å². The second-order valence-electron chi connectivity index (χ2n) is 29.9. The summed E-state index contributed by atoms with van der Waals surface area (Å²) < 4.78 is 136. The van der Waals surface area contributed by atoms with Crippen LogP contribution in [-0.4, -0.2) is 102 Å². The fourth-order valence-corrected chi connectivity index (χ4v) is 19.6. The van der Waals surface area contributed by atoms with Crippen LogP contribution in [0, 0.1) is 46.5 Å². The molecule has 8 aromatic carbocycles. The summed E-state index contributed by atoms with van der Waals surface area (Å²) in [6, 6.07) is 37.3. The number of nitrogens with zero attached hydrogens (tertiary/aromatic N) is 8. The average molecular weight is 1770 g/mol. The van der Waals surface area contributed by atoms with Crippen molar-refractivity contribution in [1.29, 1.82) is 0 Å². The summed E-state index contributed by atoms with van der Waals surface area (Å²) in [6.45, 7) is 6.10. The molecule has 0 aliphatic carbocycles. The van der Waals surface area contributed by atoms with Crippen molar-refractivity contribution in [2.45, 2.75) is 83.3 Å². The molecule has 8 aliphatic rings. The van der Waals surface area contributed by atoms with Gasteiger partial charge in [-0.05, 0) is 152 Å². The molecule has 4 aromatic heterocycles. The first-order chi connectivity index (χ1) is 60.7. The van der Waals surface area contributed by atoms with Crippen molar-refractivity contribution < 1.29 is 73.3 Å². The van der Waals surface area contributed by atoms with Crippen molar-refractivity contribution in [2.24, 2.45) is 20.0 Å². The smallest absolute Gasteiger partial charge is 0.348 e. The highest BCUT2D eigenvalue weighted by atomic mass is 32.1. The van der Waals surface area contributed by atoms with Gasteiger partial charge in [-0.25, -0.2) is 59.1 Å². The molecule has 125 heavy (non-hydrogen) atoms. The second-order valence-corrected chi connectivity index (χ2v) is 33.8. The molecule has 4 saturated heterocycles. The number of amides is 8. The van der Waals surface area contributed by atoms with Crippen LogP contribution in [0.3, 0.4) is 0 Å². The van der Waals surface area contributed by atoms with E-state index in [1.807, 2.05) is 111 Å². The van der Waals surface area contributed by atoms with Gasteiger partial charge >= 0.3 is 30.1 Å². The van der Waals surface area contributed by atoms with Gasteiger partial charge < -0.3 is 35.5 Å². The maximum atomic E-state index is 15.3. The Morgan fingerprint density at radius 1 is 0.376 bits per heavy atom. The van der Waals surface area contributed by atoms with E-state index in [1.165, 1.54) is 78.9 Å². The molecule has 4 fully saturated rings. The predicted molar refractivity (Wildman–Crippen MR) is 473 cm³/mol. The summed E-state index contributed by atoms with van der Waals surface area (Å²) in [5.41, 5.74) is 13.2. The summed E-state index contributed by atoms with van der Waals surface area (Å²) >= 11 is 5.50. The number of carbonyl (C=O) groups excluding carboxylic acids is 5. The number of aryl methyl sites for hydroxylation is 1. The van der Waals surface area contributed by atoms with Crippen molar-refractivity contribution in [3.63, 3.8) is 0 Å². The quantitative estimate of drug-likeness (QED) is 0.0449. The number of nitrogens with one attached hydrogen (secondary N) is 4. The van der Waals surface area contributed by atoms with Gasteiger partial charge in [0.25, 0.3) is 0 Å². The van der Waals surface area contributed by atoms with Crippen LogP contribution in [0.25, 0.3) is 44.5 Å². The Bertz CT molecular complexity index is 6420. The zero-order chi connectivity index (χ0) is 87.0. The van der Waals surface area contributed by atoms with E-state index < -0.39 is 76.7 Å². The minimum absolute atomic E-state index is 0.0355. The molecular weight excluding hydrogens is 1690 g/mol. The normalized spacial score (nSPS) is 17.2. The third kappa shape index (κ3) is 16.6. The van der Waals surface area contributed by atoms with Gasteiger partial charge in [0, 0.05) is 172 Å². The van der Waals surface area contributed by atoms with Gasteiger partial charge in [0.05, 0.1) is 67.2 Å². The maximum absolute atomic E-state index is 15.3. The average Bonchev–Trinajstić information content (AvgIpc) is 1.56. The summed E-state index contributed by atoms with van der Waals surface area (Å²) in [6.07, 6.45) is 11.1. The lowest BCUT2D eigenvalue weighted by Gasteiger charge is -2.24. The number of rotatable bonds is 19. The molecule has 4 unspecified atom stereocenters. The fourth-order valence-electron chi connectivity index (χ4n) is 16.3. The van der Waals surface area contributed by atoms with E-state index in [2.05, 4.69) is 46.0 Å². The maximum Gasteiger partial charge on any atom is 0.348 e. The Kier molecular flexibility index (Phi) is 24.4. The molecule has 4 N–H and O–H groups in total. The number of urea groups is 4. The molecule has 0 spiro atoms. The lowest BCUT2D eigenvalue weighted by atomic mass is 9.99. The first-order valence-corrected chi connectivity index (χ1v) is 43.5. The Balaban J connectivity index is 0.000000118. The van der Waals surface area contributed by atoms with Crippen LogP contribution in [0.2, 0.25) is 0 Å². The zero-order valence-corrected chi connectivity index (χ0v) is 70.5. The monoisotopic (exact) mass is 1770 g/mol. The van der Waals surface area contributed by atoms with E-state index in [0.717, 1.165) is 103 Å². The predicted octanol–water partition coefficient (Wildman–Crippen LogP) is 21.9. The van der Waals surface area contributed by atoms with E-state index in [4.69, 9.17) is 9.47 Å². The highest BCUT2D eigenvalue weighted by Crippen LogP contribution is 2.46. The number of hydrogen-bond acceptors (Lipinski definition) is 16. The molecule has 12 aromatic rings. The SMILES string of the molecule is CCOCc1cc(-c2ccc(C3CNC(=O)N3c3ccc4c(c3)N=CC4)c(F)c2F)cs1.CCc1cc(-c2ccc(C3CNC(=O)N3c3ccc4c(c3)N=CC4)c(F)c2F)cs1.COC(=O)c1cc(-c2ccc(C3CNC(=O)N3c3ccc4c(c3)N=CC4)c(F)c2F)cs1.COCc1cc(-c2ccc(C3CNC(=O)N3c3ccc4c(c3)N=CC4)c(F)c2F)cs1. The van der Waals surface area contributed by atoms with E-state index in [-0.39, 0.29) is 94.8 Å². The molecule has 0 bridgehead atoms. The van der Waals surface area contributed by atoms with Gasteiger partial charge in [-0.15, -0.1) is 45.3 Å². The molecule has 20 nitrogen and oxygen atoms in total. The van der Waals surface area contributed by atoms with Gasteiger partial charge in [-0.1, -0.05) is 79.7 Å². The Labute approximate surface area is 727 Å². The molecule has 0 radical (unpaired) electrons. The zero-order valence-electron chi connectivity index (χ0n) is 67.3. The number of ether oxygens (including phenoxy) is 3. The minimum atomic E-state index is -1.03. The molecule has 636 valence electrons. The van der Waals surface area contributed by atoms with Crippen LogP contribution < -0.4 is 40.9 Å². The molecule has 4 atom stereocenters. The molecule has 12 heterocycles. The Morgan fingerprint density at radius 2 is 0.672 bits per heavy atom. The number of thiophene rings is 4. The standard InChI is InChI=1S/C24H21F2N3O2S.C23H17F2N3O3S.C23H19F2N3O2S.C23H19F2N3OS/c1-2-31-12-17-9-15(13-32-17)18-5-6-19(23(26)22(18)25)21-11-28-24(30)29(21)16-4-3-14-7-8-27-20(14)10-16;1-31-22(29)19-8-13(11-32-19)15-4-5-16(21(25)20(15)24)18-10-27-23(30)28(18)14-3-2-12-6-7-26-17(12)9-14;1-30-11-16-8-14(12-31-16)17-4-5-18(22(25)21(17)24)20-10-27-23(29)28(20)15-3-2-13-6-7-26-19(13)9-15;1-2-16-9-14(12-30-16)17-5-6-18(22(25)21(17)24)20-11-27-23(29)28(20)15-4-3-13-7-8-26-19(13)10-15/h3-6,8-10,13,21H,2,7,11-12H2,1H3,(H,28,30);2-5,7-9,11,18H,6,10H2,1H3,(H,27,30);2-5,7-9,12,20H,6,10-11H2,1H3,(H,27,29);3-6,8-10,12,20H,2,7,11H2,1H3,(H,27,29). The van der Waals surface area contributed by atoms with Crippen molar-refractivity contribution >= 4 is 146 Å². The van der Waals surface area contributed by atoms with E-state index >= 15 is 35.1 Å². The van der Waals surface area contributed by atoms with Crippen LogP contribution in [0.1, 0.15) is 107 Å². The van der Waals surface area contributed by atoms with Gasteiger partial charge in [0.1, 0.15) is 4.88 Å². The summed E-state index contributed by atoms with van der Waals surface area (Å²) in [5, 5.41) is 17.9. The number of aliphatic imine (C=N–C) groups is 4. The molecule has 20 rings (SSSR count). The van der Waals surface area contributed by atoms with Gasteiger partial charge in [0.15, 0.2) is 46.5 Å². The van der Waals surface area contributed by atoms with Gasteiger partial charge in [0.2, 0.25) is 0 Å². The van der Waals surface area contributed by atoms with Gasteiger partial charge in [-0.3, -0.25) is 39.6 Å². The summed E-state index contributed by atoms with van der Waals surface area (Å²) in [7, 11) is 2.84. The Morgan fingerprint density at radius 3 is 0.968 bits per heavy atom. The lowest BCUT2D eigenvalue weighted by Crippen LogP contribution is -2.30. The first-order valence-electron chi connectivity index (χ1n) is 40.0. The van der Waals surface area contributed by atoms with E-state index in [1.54, 1.807) is 84.1 Å². The Hall–Kier alpha value is -12.9. The third-order valence-electron chi connectivity index (χ3n) is 22.6. The van der Waals surface area contributed by atoms with E-state index in [9.17, 15) is 24.0 Å². The van der Waals surface area contributed by atoms with Crippen molar-refractivity contribution in [1.82, 2.24) is 21.3 Å². The number of methoxy groups -OCH3 is 2. The van der Waals surface area contributed by atoms with Crippen LogP contribution in [0.4, 0.5) is 99.8 Å². The van der Waals surface area contributed by atoms with Crippen molar-refractivity contribution in [3.05, 3.63) is 278 Å². The fraction of sp³-hybridized carbons (Fsp3) is 0.215. The lowest BCUT2D eigenvalue weighted by molar-refractivity contribution is 0.0606. The van der Waals surface area contributed by atoms with Crippen LogP contribution in [-0.2, 0) is 59.5 Å².